The molecule has 0 fully saturated rings. The summed E-state index contributed by atoms with van der Waals surface area (Å²) in [6.45, 7) is 4.88. The molecule has 144 valence electrons. The zero-order chi connectivity index (χ0) is 19.9. The summed E-state index contributed by atoms with van der Waals surface area (Å²) in [5.41, 5.74) is 4.67. The van der Waals surface area contributed by atoms with Crippen LogP contribution in [0.25, 0.3) is 11.1 Å². The third kappa shape index (κ3) is 4.79. The van der Waals surface area contributed by atoms with Gasteiger partial charge in [-0.1, -0.05) is 6.07 Å². The van der Waals surface area contributed by atoms with Crippen molar-refractivity contribution in [1.82, 2.24) is 4.98 Å². The maximum atomic E-state index is 12.2. The summed E-state index contributed by atoms with van der Waals surface area (Å²) in [7, 11) is 1.61. The molecule has 0 unspecified atom stereocenters. The van der Waals surface area contributed by atoms with Crippen LogP contribution in [0.15, 0.2) is 60.8 Å². The van der Waals surface area contributed by atoms with Gasteiger partial charge in [-0.3, -0.25) is 0 Å². The summed E-state index contributed by atoms with van der Waals surface area (Å²) in [4.78, 5) is 16.6. The molecule has 2 amide bonds. The van der Waals surface area contributed by atoms with E-state index >= 15 is 0 Å². The standard InChI is InChI=1S/C22H24N4O2/c1-4-23-21-14-16(11-12-24-21)20-10-7-18(13-15(20)2)26-22(27)25-17-5-8-19(28-3)9-6-17/h5-14H,4H2,1-3H3,(H,23,24)(H2,25,26,27). The molecule has 0 atom stereocenters. The Morgan fingerprint density at radius 1 is 1.00 bits per heavy atom. The molecular formula is C22H24N4O2. The third-order valence-corrected chi connectivity index (χ3v) is 4.26. The number of hydrogen-bond donors (Lipinski definition) is 3. The number of amides is 2. The Balaban J connectivity index is 1.69. The molecule has 1 aromatic heterocycles. The van der Waals surface area contributed by atoms with Crippen LogP contribution >= 0.6 is 0 Å². The van der Waals surface area contributed by atoms with Gasteiger partial charge in [-0.25, -0.2) is 9.78 Å². The molecule has 0 aliphatic carbocycles. The minimum Gasteiger partial charge on any atom is -0.497 e. The van der Waals surface area contributed by atoms with Crippen LogP contribution in [0.4, 0.5) is 22.0 Å². The number of aromatic nitrogens is 1. The molecule has 6 heteroatoms. The molecule has 2 aromatic carbocycles. The fraction of sp³-hybridized carbons (Fsp3) is 0.182. The number of aryl methyl sites for hydroxylation is 1. The van der Waals surface area contributed by atoms with Crippen LogP contribution in [0.5, 0.6) is 5.75 Å². The van der Waals surface area contributed by atoms with Crippen LogP contribution in [-0.2, 0) is 0 Å². The van der Waals surface area contributed by atoms with E-state index in [9.17, 15) is 4.79 Å². The monoisotopic (exact) mass is 376 g/mol. The van der Waals surface area contributed by atoms with Gasteiger partial charge in [0, 0.05) is 24.1 Å². The van der Waals surface area contributed by atoms with E-state index in [1.165, 1.54) is 0 Å². The summed E-state index contributed by atoms with van der Waals surface area (Å²) in [6.07, 6.45) is 1.79. The number of ether oxygens (including phenoxy) is 1. The zero-order valence-corrected chi connectivity index (χ0v) is 16.2. The lowest BCUT2D eigenvalue weighted by Gasteiger charge is -2.12. The predicted molar refractivity (Wildman–Crippen MR) is 114 cm³/mol. The molecule has 3 rings (SSSR count). The lowest BCUT2D eigenvalue weighted by molar-refractivity contribution is 0.262. The Hall–Kier alpha value is -3.54. The van der Waals surface area contributed by atoms with Crippen molar-refractivity contribution in [3.05, 3.63) is 66.4 Å². The van der Waals surface area contributed by atoms with E-state index in [0.29, 0.717) is 5.69 Å². The number of nitrogens with one attached hydrogen (secondary N) is 3. The molecule has 3 N–H and O–H groups in total. The highest BCUT2D eigenvalue weighted by atomic mass is 16.5. The van der Waals surface area contributed by atoms with Gasteiger partial charge in [0.1, 0.15) is 11.6 Å². The van der Waals surface area contributed by atoms with Crippen LogP contribution in [0.2, 0.25) is 0 Å². The Bertz CT molecular complexity index is 955. The summed E-state index contributed by atoms with van der Waals surface area (Å²) in [6, 6.07) is 16.7. The van der Waals surface area contributed by atoms with E-state index in [2.05, 4.69) is 20.9 Å². The van der Waals surface area contributed by atoms with Gasteiger partial charge in [0.2, 0.25) is 0 Å². The van der Waals surface area contributed by atoms with Crippen molar-refractivity contribution >= 4 is 23.2 Å². The zero-order valence-electron chi connectivity index (χ0n) is 16.2. The number of carbonyl (C=O) groups is 1. The van der Waals surface area contributed by atoms with Gasteiger partial charge in [0.05, 0.1) is 7.11 Å². The van der Waals surface area contributed by atoms with Crippen LogP contribution in [-0.4, -0.2) is 24.7 Å². The van der Waals surface area contributed by atoms with Gasteiger partial charge in [0.15, 0.2) is 0 Å². The average Bonchev–Trinajstić information content (AvgIpc) is 2.69. The van der Waals surface area contributed by atoms with E-state index in [4.69, 9.17) is 4.74 Å². The first kappa shape index (κ1) is 19.2. The molecule has 0 bridgehead atoms. The lowest BCUT2D eigenvalue weighted by Crippen LogP contribution is -2.19. The highest BCUT2D eigenvalue weighted by Crippen LogP contribution is 2.27. The SMILES string of the molecule is CCNc1cc(-c2ccc(NC(=O)Nc3ccc(OC)cc3)cc2C)ccn1. The van der Waals surface area contributed by atoms with E-state index in [1.54, 1.807) is 37.6 Å². The first-order chi connectivity index (χ1) is 13.6. The molecule has 0 radical (unpaired) electrons. The minimum atomic E-state index is -0.296. The maximum absolute atomic E-state index is 12.2. The van der Waals surface area contributed by atoms with E-state index in [-0.39, 0.29) is 6.03 Å². The van der Waals surface area contributed by atoms with Gasteiger partial charge < -0.3 is 20.7 Å². The van der Waals surface area contributed by atoms with Crippen molar-refractivity contribution in [2.45, 2.75) is 13.8 Å². The number of methoxy groups -OCH3 is 1. The molecule has 0 aliphatic heterocycles. The van der Waals surface area contributed by atoms with Crippen LogP contribution in [0.3, 0.4) is 0 Å². The Morgan fingerprint density at radius 3 is 2.39 bits per heavy atom. The minimum absolute atomic E-state index is 0.296. The Labute approximate surface area is 165 Å². The number of pyridine rings is 1. The number of benzene rings is 2. The number of anilines is 3. The van der Waals surface area contributed by atoms with Crippen molar-refractivity contribution in [2.75, 3.05) is 29.6 Å². The van der Waals surface area contributed by atoms with Gasteiger partial charge in [0.25, 0.3) is 0 Å². The van der Waals surface area contributed by atoms with Crippen molar-refractivity contribution in [3.63, 3.8) is 0 Å². The fourth-order valence-corrected chi connectivity index (χ4v) is 2.91. The highest BCUT2D eigenvalue weighted by molar-refractivity contribution is 6.00. The smallest absolute Gasteiger partial charge is 0.323 e. The third-order valence-electron chi connectivity index (χ3n) is 4.26. The molecule has 0 spiro atoms. The lowest BCUT2D eigenvalue weighted by atomic mass is 10.0. The number of urea groups is 1. The largest absolute Gasteiger partial charge is 0.497 e. The Kier molecular flexibility index (Phi) is 6.11. The first-order valence-electron chi connectivity index (χ1n) is 9.12. The molecule has 0 aliphatic rings. The molecule has 0 saturated carbocycles. The summed E-state index contributed by atoms with van der Waals surface area (Å²) in [5.74, 6) is 1.59. The second-order valence-electron chi connectivity index (χ2n) is 6.30. The first-order valence-corrected chi connectivity index (χ1v) is 9.12. The topological polar surface area (TPSA) is 75.3 Å². The maximum Gasteiger partial charge on any atom is 0.323 e. The quantitative estimate of drug-likeness (QED) is 0.557. The number of rotatable bonds is 6. The normalized spacial score (nSPS) is 10.2. The molecule has 6 nitrogen and oxygen atoms in total. The Morgan fingerprint density at radius 2 is 1.71 bits per heavy atom. The van der Waals surface area contributed by atoms with Crippen LogP contribution < -0.4 is 20.7 Å². The fourth-order valence-electron chi connectivity index (χ4n) is 2.91. The summed E-state index contributed by atoms with van der Waals surface area (Å²) >= 11 is 0. The van der Waals surface area contributed by atoms with Crippen molar-refractivity contribution < 1.29 is 9.53 Å². The number of hydrogen-bond acceptors (Lipinski definition) is 4. The van der Waals surface area contributed by atoms with Crippen LogP contribution in [0, 0.1) is 6.92 Å². The summed E-state index contributed by atoms with van der Waals surface area (Å²) < 4.78 is 5.12. The van der Waals surface area contributed by atoms with Gasteiger partial charge in [-0.05, 0) is 79.1 Å². The van der Waals surface area contributed by atoms with E-state index < -0.39 is 0 Å². The number of nitrogens with zero attached hydrogens (tertiary/aromatic N) is 1. The highest BCUT2D eigenvalue weighted by Gasteiger charge is 2.07. The van der Waals surface area contributed by atoms with Crippen molar-refractivity contribution in [1.29, 1.82) is 0 Å². The number of carbonyl (C=O) groups excluding carboxylic acids is 1. The van der Waals surface area contributed by atoms with Gasteiger partial charge in [-0.15, -0.1) is 0 Å². The van der Waals surface area contributed by atoms with E-state index in [0.717, 1.165) is 40.5 Å². The molecule has 3 aromatic rings. The van der Waals surface area contributed by atoms with Gasteiger partial charge in [-0.2, -0.15) is 0 Å². The van der Waals surface area contributed by atoms with E-state index in [1.807, 2.05) is 44.2 Å². The second-order valence-corrected chi connectivity index (χ2v) is 6.30. The predicted octanol–water partition coefficient (Wildman–Crippen LogP) is 5.14. The molecule has 1 heterocycles. The molecule has 0 saturated heterocycles. The second kappa shape index (κ2) is 8.90. The van der Waals surface area contributed by atoms with Gasteiger partial charge >= 0.3 is 6.03 Å². The average molecular weight is 376 g/mol. The van der Waals surface area contributed by atoms with Crippen molar-refractivity contribution in [3.8, 4) is 16.9 Å². The molecular weight excluding hydrogens is 352 g/mol. The molecule has 28 heavy (non-hydrogen) atoms. The summed E-state index contributed by atoms with van der Waals surface area (Å²) in [5, 5.41) is 8.89. The van der Waals surface area contributed by atoms with Crippen LogP contribution in [0.1, 0.15) is 12.5 Å². The van der Waals surface area contributed by atoms with Crippen molar-refractivity contribution in [2.24, 2.45) is 0 Å².